The normalized spacial score (nSPS) is 13.8. The maximum absolute atomic E-state index is 12.8. The molecule has 0 bridgehead atoms. The average Bonchev–Trinajstić information content (AvgIpc) is 3.18. The Morgan fingerprint density at radius 1 is 0.962 bits per heavy atom. The Bertz CT molecular complexity index is 694. The number of nitrogens with one attached hydrogen (secondary N) is 2. The molecule has 1 amide bonds. The number of nitrogens with zero attached hydrogens (tertiary/aromatic N) is 1. The third kappa shape index (κ3) is 5.56. The fourth-order valence-corrected chi connectivity index (χ4v) is 3.17. The van der Waals surface area contributed by atoms with Crippen molar-refractivity contribution in [3.8, 4) is 0 Å². The van der Waals surface area contributed by atoms with Gasteiger partial charge >= 0.3 is 0 Å². The predicted molar refractivity (Wildman–Crippen MR) is 104 cm³/mol. The summed E-state index contributed by atoms with van der Waals surface area (Å²) in [6.45, 7) is 3.63. The molecule has 2 aromatic carbocycles. The number of hydrogen-bond acceptors (Lipinski definition) is 3. The summed E-state index contributed by atoms with van der Waals surface area (Å²) in [5.41, 5.74) is 3.15. The first kappa shape index (κ1) is 18.4. The third-order valence-corrected chi connectivity index (χ3v) is 4.65. The Morgan fingerprint density at radius 2 is 1.65 bits per heavy atom. The van der Waals surface area contributed by atoms with Crippen LogP contribution in [0.25, 0.3) is 0 Å². The summed E-state index contributed by atoms with van der Waals surface area (Å²) in [7, 11) is 0. The van der Waals surface area contributed by atoms with E-state index in [0.717, 1.165) is 37.3 Å². The molecule has 0 saturated carbocycles. The molecule has 0 aliphatic carbocycles. The summed E-state index contributed by atoms with van der Waals surface area (Å²) in [6.07, 6.45) is 3.76. The first-order valence-corrected chi connectivity index (χ1v) is 9.31. The lowest BCUT2D eigenvalue weighted by Gasteiger charge is -2.17. The second kappa shape index (κ2) is 9.34. The Labute approximate surface area is 154 Å². The Hall–Kier alpha value is -2.40. The molecular weight excluding hydrogens is 329 g/mol. The Kier molecular flexibility index (Phi) is 6.61. The summed E-state index contributed by atoms with van der Waals surface area (Å²) < 4.78 is 12.8. The molecule has 0 unspecified atom stereocenters. The van der Waals surface area contributed by atoms with Crippen LogP contribution in [0.2, 0.25) is 0 Å². The number of carbonyl (C=O) groups is 1. The Balaban J connectivity index is 1.33. The molecule has 0 aromatic heterocycles. The van der Waals surface area contributed by atoms with Crippen LogP contribution in [-0.2, 0) is 11.2 Å². The van der Waals surface area contributed by atoms with Crippen molar-refractivity contribution in [3.63, 3.8) is 0 Å². The van der Waals surface area contributed by atoms with Gasteiger partial charge in [0.15, 0.2) is 0 Å². The van der Waals surface area contributed by atoms with Gasteiger partial charge < -0.3 is 15.5 Å². The predicted octanol–water partition coefficient (Wildman–Crippen LogP) is 3.59. The van der Waals surface area contributed by atoms with Crippen molar-refractivity contribution in [2.24, 2.45) is 0 Å². The highest BCUT2D eigenvalue weighted by Crippen LogP contribution is 2.22. The summed E-state index contributed by atoms with van der Waals surface area (Å²) in [4.78, 5) is 14.4. The van der Waals surface area contributed by atoms with Gasteiger partial charge in [-0.15, -0.1) is 0 Å². The number of anilines is 2. The molecule has 1 fully saturated rings. The van der Waals surface area contributed by atoms with Gasteiger partial charge in [-0.25, -0.2) is 4.39 Å². The maximum atomic E-state index is 12.8. The SMILES string of the molecule is O=C(CCNCCc1ccc(F)cc1)Nc1ccc(N2CCCC2)cc1. The fourth-order valence-electron chi connectivity index (χ4n) is 3.17. The van der Waals surface area contributed by atoms with Crippen LogP contribution in [0.1, 0.15) is 24.8 Å². The van der Waals surface area contributed by atoms with Crippen LogP contribution in [0.5, 0.6) is 0 Å². The quantitative estimate of drug-likeness (QED) is 0.712. The van der Waals surface area contributed by atoms with E-state index in [2.05, 4.69) is 27.7 Å². The molecule has 2 aromatic rings. The molecule has 138 valence electrons. The third-order valence-electron chi connectivity index (χ3n) is 4.65. The van der Waals surface area contributed by atoms with E-state index in [1.165, 1.54) is 30.7 Å². The van der Waals surface area contributed by atoms with Gasteiger partial charge in [0, 0.05) is 37.4 Å². The molecule has 5 heteroatoms. The van der Waals surface area contributed by atoms with Gasteiger partial charge in [-0.2, -0.15) is 0 Å². The zero-order chi connectivity index (χ0) is 18.2. The van der Waals surface area contributed by atoms with Crippen molar-refractivity contribution in [1.82, 2.24) is 5.32 Å². The van der Waals surface area contributed by atoms with E-state index in [1.54, 1.807) is 12.1 Å². The summed E-state index contributed by atoms with van der Waals surface area (Å²) in [6, 6.07) is 14.6. The zero-order valence-corrected chi connectivity index (χ0v) is 15.0. The van der Waals surface area contributed by atoms with Crippen LogP contribution < -0.4 is 15.5 Å². The smallest absolute Gasteiger partial charge is 0.225 e. The van der Waals surface area contributed by atoms with Gasteiger partial charge in [0.25, 0.3) is 0 Å². The van der Waals surface area contributed by atoms with Crippen LogP contribution in [0.3, 0.4) is 0 Å². The van der Waals surface area contributed by atoms with E-state index in [-0.39, 0.29) is 11.7 Å². The van der Waals surface area contributed by atoms with Crippen molar-refractivity contribution >= 4 is 17.3 Å². The standard InChI is InChI=1S/C21H26FN3O/c22-18-5-3-17(4-6-18)11-13-23-14-12-21(26)24-19-7-9-20(10-8-19)25-15-1-2-16-25/h3-10,23H,1-2,11-16H2,(H,24,26). The summed E-state index contributed by atoms with van der Waals surface area (Å²) in [5.74, 6) is -0.208. The van der Waals surface area contributed by atoms with Crippen LogP contribution >= 0.6 is 0 Å². The van der Waals surface area contributed by atoms with E-state index in [4.69, 9.17) is 0 Å². The molecule has 0 spiro atoms. The van der Waals surface area contributed by atoms with Crippen molar-refractivity contribution in [1.29, 1.82) is 0 Å². The van der Waals surface area contributed by atoms with Crippen LogP contribution in [0.4, 0.5) is 15.8 Å². The molecule has 3 rings (SSSR count). The second-order valence-electron chi connectivity index (χ2n) is 6.67. The largest absolute Gasteiger partial charge is 0.372 e. The highest BCUT2D eigenvalue weighted by atomic mass is 19.1. The Morgan fingerprint density at radius 3 is 2.35 bits per heavy atom. The first-order valence-electron chi connectivity index (χ1n) is 9.31. The molecule has 1 aliphatic heterocycles. The van der Waals surface area contributed by atoms with Crippen molar-refractivity contribution in [3.05, 3.63) is 59.9 Å². The maximum Gasteiger partial charge on any atom is 0.225 e. The van der Waals surface area contributed by atoms with Gasteiger partial charge in [0.05, 0.1) is 0 Å². The molecule has 26 heavy (non-hydrogen) atoms. The molecule has 2 N–H and O–H groups in total. The van der Waals surface area contributed by atoms with Gasteiger partial charge in [-0.1, -0.05) is 12.1 Å². The molecule has 0 radical (unpaired) electrons. The first-order chi connectivity index (χ1) is 12.7. The summed E-state index contributed by atoms with van der Waals surface area (Å²) in [5, 5.41) is 6.19. The highest BCUT2D eigenvalue weighted by molar-refractivity contribution is 5.91. The van der Waals surface area contributed by atoms with Gasteiger partial charge in [0.1, 0.15) is 5.82 Å². The van der Waals surface area contributed by atoms with Crippen molar-refractivity contribution in [2.75, 3.05) is 36.4 Å². The van der Waals surface area contributed by atoms with Gasteiger partial charge in [-0.05, 0) is 67.8 Å². The number of carbonyl (C=O) groups excluding carboxylic acids is 1. The lowest BCUT2D eigenvalue weighted by atomic mass is 10.1. The monoisotopic (exact) mass is 355 g/mol. The molecule has 4 nitrogen and oxygen atoms in total. The molecule has 1 heterocycles. The van der Waals surface area contributed by atoms with Gasteiger partial charge in [0.2, 0.25) is 5.91 Å². The van der Waals surface area contributed by atoms with Crippen molar-refractivity contribution in [2.45, 2.75) is 25.7 Å². The number of rotatable bonds is 8. The zero-order valence-electron chi connectivity index (χ0n) is 15.0. The molecule has 1 saturated heterocycles. The lowest BCUT2D eigenvalue weighted by Crippen LogP contribution is -2.23. The highest BCUT2D eigenvalue weighted by Gasteiger charge is 2.12. The fraction of sp³-hybridized carbons (Fsp3) is 0.381. The van der Waals surface area contributed by atoms with Crippen LogP contribution in [0.15, 0.2) is 48.5 Å². The van der Waals surface area contributed by atoms with E-state index < -0.39 is 0 Å². The lowest BCUT2D eigenvalue weighted by molar-refractivity contribution is -0.116. The second-order valence-corrected chi connectivity index (χ2v) is 6.67. The number of amides is 1. The minimum absolute atomic E-state index is 0.00760. The summed E-state index contributed by atoms with van der Waals surface area (Å²) >= 11 is 0. The van der Waals surface area contributed by atoms with Crippen LogP contribution in [0, 0.1) is 5.82 Å². The molecular formula is C21H26FN3O. The molecule has 1 aliphatic rings. The molecule has 0 atom stereocenters. The van der Waals surface area contributed by atoms with Crippen molar-refractivity contribution < 1.29 is 9.18 Å². The minimum atomic E-state index is -0.216. The number of hydrogen-bond donors (Lipinski definition) is 2. The van der Waals surface area contributed by atoms with E-state index >= 15 is 0 Å². The number of benzene rings is 2. The van der Waals surface area contributed by atoms with Gasteiger partial charge in [-0.3, -0.25) is 4.79 Å². The van der Waals surface area contributed by atoms with Crippen LogP contribution in [-0.4, -0.2) is 32.1 Å². The van der Waals surface area contributed by atoms with E-state index in [1.807, 2.05) is 12.1 Å². The minimum Gasteiger partial charge on any atom is -0.372 e. The topological polar surface area (TPSA) is 44.4 Å². The number of halogens is 1. The van der Waals surface area contributed by atoms with E-state index in [9.17, 15) is 9.18 Å². The van der Waals surface area contributed by atoms with E-state index in [0.29, 0.717) is 13.0 Å². The average molecular weight is 355 g/mol.